The lowest BCUT2D eigenvalue weighted by molar-refractivity contribution is -0.323. The number of rotatable bonds is 4. The Morgan fingerprint density at radius 1 is 1.17 bits per heavy atom. The van der Waals surface area contributed by atoms with Crippen molar-refractivity contribution in [1.29, 1.82) is 0 Å². The van der Waals surface area contributed by atoms with Crippen LogP contribution >= 0.6 is 0 Å². The van der Waals surface area contributed by atoms with Crippen molar-refractivity contribution in [2.45, 2.75) is 44.6 Å². The Kier molecular flexibility index (Phi) is 6.08. The van der Waals surface area contributed by atoms with Crippen LogP contribution in [0.1, 0.15) is 35.1 Å². The molecular formula is C22H23F4NO3. The third-order valence-corrected chi connectivity index (χ3v) is 5.35. The first-order valence-corrected chi connectivity index (χ1v) is 9.60. The first kappa shape index (κ1) is 22.1. The fourth-order valence-electron chi connectivity index (χ4n) is 3.79. The van der Waals surface area contributed by atoms with E-state index in [0.717, 1.165) is 17.7 Å². The van der Waals surface area contributed by atoms with Crippen molar-refractivity contribution in [2.24, 2.45) is 0 Å². The molecule has 4 nitrogen and oxygen atoms in total. The Balaban J connectivity index is 1.94. The molecule has 0 spiro atoms. The number of hydrogen-bond donors (Lipinski definition) is 1. The monoisotopic (exact) mass is 425 g/mol. The molecular weight excluding hydrogens is 402 g/mol. The SMILES string of the molecule is COc1c(C)cccc1CC(=O)N1CCCCc2cc(C(O)(F)C(F)(F)F)ccc21. The minimum absolute atomic E-state index is 0.0572. The zero-order chi connectivity index (χ0) is 22.1. The third-order valence-electron chi connectivity index (χ3n) is 5.35. The largest absolute Gasteiger partial charge is 0.496 e. The maximum Gasteiger partial charge on any atom is 0.453 e. The van der Waals surface area contributed by atoms with Crippen LogP contribution in [0.5, 0.6) is 5.75 Å². The van der Waals surface area contributed by atoms with Crippen molar-refractivity contribution in [3.05, 3.63) is 58.7 Å². The Bertz CT molecular complexity index is 940. The highest BCUT2D eigenvalue weighted by Gasteiger charge is 2.56. The summed E-state index contributed by atoms with van der Waals surface area (Å²) in [5.74, 6) is -4.07. The van der Waals surface area contributed by atoms with E-state index in [0.29, 0.717) is 48.4 Å². The number of alkyl halides is 4. The molecule has 2 aromatic carbocycles. The molecule has 162 valence electrons. The summed E-state index contributed by atoms with van der Waals surface area (Å²) in [5.41, 5.74) is 1.54. The molecule has 0 bridgehead atoms. The molecule has 30 heavy (non-hydrogen) atoms. The first-order chi connectivity index (χ1) is 14.1. The predicted octanol–water partition coefficient (Wildman–Crippen LogP) is 4.59. The number of hydrogen-bond acceptors (Lipinski definition) is 3. The average Bonchev–Trinajstić information content (AvgIpc) is 2.89. The standard InChI is InChI=1S/C22H23F4NO3/c1-14-6-5-8-16(20(14)30-2)13-19(28)27-11-4-3-7-15-12-17(9-10-18(15)27)21(23,29)22(24,25)26/h5-6,8-10,12,29H,3-4,7,11,13H2,1-2H3. The fourth-order valence-corrected chi connectivity index (χ4v) is 3.79. The maximum absolute atomic E-state index is 14.0. The van der Waals surface area contributed by atoms with Gasteiger partial charge in [0.25, 0.3) is 0 Å². The van der Waals surface area contributed by atoms with Gasteiger partial charge in [-0.1, -0.05) is 24.3 Å². The van der Waals surface area contributed by atoms with Gasteiger partial charge in [-0.3, -0.25) is 4.79 Å². The van der Waals surface area contributed by atoms with Crippen LogP contribution in [0, 0.1) is 6.92 Å². The molecule has 0 aliphatic carbocycles. The van der Waals surface area contributed by atoms with E-state index >= 15 is 0 Å². The molecule has 8 heteroatoms. The number of benzene rings is 2. The quantitative estimate of drug-likeness (QED) is 0.729. The average molecular weight is 425 g/mol. The highest BCUT2D eigenvalue weighted by Crippen LogP contribution is 2.42. The molecule has 1 amide bonds. The molecule has 3 rings (SSSR count). The van der Waals surface area contributed by atoms with Crippen LogP contribution in [-0.2, 0) is 23.5 Å². The smallest absolute Gasteiger partial charge is 0.453 e. The molecule has 1 unspecified atom stereocenters. The number of para-hydroxylation sites is 1. The zero-order valence-electron chi connectivity index (χ0n) is 16.7. The van der Waals surface area contributed by atoms with Crippen molar-refractivity contribution in [2.75, 3.05) is 18.6 Å². The molecule has 0 radical (unpaired) electrons. The molecule has 1 aliphatic heterocycles. The van der Waals surface area contributed by atoms with Gasteiger partial charge in [-0.2, -0.15) is 17.6 Å². The van der Waals surface area contributed by atoms with Crippen LogP contribution in [0.25, 0.3) is 0 Å². The van der Waals surface area contributed by atoms with Crippen molar-refractivity contribution in [3.8, 4) is 5.75 Å². The highest BCUT2D eigenvalue weighted by atomic mass is 19.4. The minimum atomic E-state index is -5.46. The summed E-state index contributed by atoms with van der Waals surface area (Å²) in [5, 5.41) is 9.36. The number of carbonyl (C=O) groups excluding carboxylic acids is 1. The number of aliphatic hydroxyl groups is 1. The lowest BCUT2D eigenvalue weighted by atomic mass is 9.99. The van der Waals surface area contributed by atoms with Crippen molar-refractivity contribution in [1.82, 2.24) is 0 Å². The van der Waals surface area contributed by atoms with Crippen LogP contribution in [0.15, 0.2) is 36.4 Å². The van der Waals surface area contributed by atoms with Gasteiger partial charge in [0.1, 0.15) is 5.75 Å². The lowest BCUT2D eigenvalue weighted by Gasteiger charge is -2.26. The minimum Gasteiger partial charge on any atom is -0.496 e. The van der Waals surface area contributed by atoms with Gasteiger partial charge in [0.15, 0.2) is 0 Å². The second-order valence-electron chi connectivity index (χ2n) is 7.41. The summed E-state index contributed by atoms with van der Waals surface area (Å²) < 4.78 is 58.0. The topological polar surface area (TPSA) is 49.8 Å². The van der Waals surface area contributed by atoms with E-state index in [9.17, 15) is 27.5 Å². The molecule has 1 N–H and O–H groups in total. The van der Waals surface area contributed by atoms with E-state index in [1.165, 1.54) is 18.1 Å². The van der Waals surface area contributed by atoms with Gasteiger partial charge in [0.05, 0.1) is 13.5 Å². The molecule has 1 aliphatic rings. The van der Waals surface area contributed by atoms with Crippen LogP contribution < -0.4 is 9.64 Å². The van der Waals surface area contributed by atoms with E-state index in [1.807, 2.05) is 19.1 Å². The molecule has 2 aromatic rings. The molecule has 1 heterocycles. The fraction of sp³-hybridized carbons (Fsp3) is 0.409. The Morgan fingerprint density at radius 2 is 1.90 bits per heavy atom. The van der Waals surface area contributed by atoms with E-state index in [1.54, 1.807) is 6.07 Å². The summed E-state index contributed by atoms with van der Waals surface area (Å²) in [6.45, 7) is 2.27. The Morgan fingerprint density at radius 3 is 2.57 bits per heavy atom. The number of aryl methyl sites for hydroxylation is 2. The molecule has 1 atom stereocenters. The van der Waals surface area contributed by atoms with Crippen LogP contribution in [0.3, 0.4) is 0 Å². The van der Waals surface area contributed by atoms with E-state index in [4.69, 9.17) is 4.74 Å². The summed E-state index contributed by atoms with van der Waals surface area (Å²) in [6.07, 6.45) is -3.73. The van der Waals surface area contributed by atoms with Crippen LogP contribution in [-0.4, -0.2) is 30.8 Å². The zero-order valence-corrected chi connectivity index (χ0v) is 16.7. The van der Waals surface area contributed by atoms with Crippen molar-refractivity contribution in [3.63, 3.8) is 0 Å². The number of methoxy groups -OCH3 is 1. The Hall–Kier alpha value is -2.61. The van der Waals surface area contributed by atoms with E-state index in [-0.39, 0.29) is 12.3 Å². The summed E-state index contributed by atoms with van der Waals surface area (Å²) in [4.78, 5) is 14.6. The normalized spacial score (nSPS) is 16.4. The van der Waals surface area contributed by atoms with E-state index in [2.05, 4.69) is 0 Å². The van der Waals surface area contributed by atoms with Gasteiger partial charge in [0, 0.05) is 23.4 Å². The van der Waals surface area contributed by atoms with Gasteiger partial charge in [-0.15, -0.1) is 0 Å². The van der Waals surface area contributed by atoms with Gasteiger partial charge < -0.3 is 14.7 Å². The molecule has 0 saturated heterocycles. The Labute approximate surface area is 172 Å². The highest BCUT2D eigenvalue weighted by molar-refractivity contribution is 5.96. The number of carbonyl (C=O) groups is 1. The molecule has 0 fully saturated rings. The van der Waals surface area contributed by atoms with Crippen molar-refractivity contribution >= 4 is 11.6 Å². The van der Waals surface area contributed by atoms with Crippen LogP contribution in [0.2, 0.25) is 0 Å². The maximum atomic E-state index is 14.0. The molecule has 0 aromatic heterocycles. The third kappa shape index (κ3) is 4.14. The summed E-state index contributed by atoms with van der Waals surface area (Å²) >= 11 is 0. The number of fused-ring (bicyclic) bond motifs is 1. The van der Waals surface area contributed by atoms with Crippen molar-refractivity contribution < 1.29 is 32.2 Å². The van der Waals surface area contributed by atoms with Gasteiger partial charge in [-0.05, 0) is 49.4 Å². The van der Waals surface area contributed by atoms with Crippen LogP contribution in [0.4, 0.5) is 23.2 Å². The van der Waals surface area contributed by atoms with Gasteiger partial charge in [-0.25, -0.2) is 0 Å². The second-order valence-corrected chi connectivity index (χ2v) is 7.41. The van der Waals surface area contributed by atoms with E-state index < -0.39 is 17.6 Å². The summed E-state index contributed by atoms with van der Waals surface area (Å²) in [7, 11) is 1.53. The predicted molar refractivity (Wildman–Crippen MR) is 104 cm³/mol. The second kappa shape index (κ2) is 8.26. The van der Waals surface area contributed by atoms with Gasteiger partial charge >= 0.3 is 12.0 Å². The lowest BCUT2D eigenvalue weighted by Crippen LogP contribution is -2.38. The molecule has 0 saturated carbocycles. The first-order valence-electron chi connectivity index (χ1n) is 9.60. The number of anilines is 1. The number of ether oxygens (including phenoxy) is 1. The number of halogens is 4. The number of amides is 1. The summed E-state index contributed by atoms with van der Waals surface area (Å²) in [6, 6.07) is 8.64. The van der Waals surface area contributed by atoms with Gasteiger partial charge in [0.2, 0.25) is 5.91 Å². The number of nitrogens with zero attached hydrogens (tertiary/aromatic N) is 1.